The van der Waals surface area contributed by atoms with Crippen molar-refractivity contribution in [3.63, 3.8) is 0 Å². The predicted octanol–water partition coefficient (Wildman–Crippen LogP) is 0.595. The van der Waals surface area contributed by atoms with Gasteiger partial charge in [0.25, 0.3) is 5.91 Å². The zero-order valence-electron chi connectivity index (χ0n) is 11.7. The Morgan fingerprint density at radius 3 is 2.95 bits per heavy atom. The molecule has 1 atom stereocenters. The van der Waals surface area contributed by atoms with Crippen LogP contribution in [0.15, 0.2) is 10.6 Å². The monoisotopic (exact) mass is 312 g/mol. The molecule has 0 spiro atoms. The highest BCUT2D eigenvalue weighted by Crippen LogP contribution is 2.12. The fourth-order valence-electron chi connectivity index (χ4n) is 1.91. The number of aryl methyl sites for hydroxylation is 1. The van der Waals surface area contributed by atoms with Crippen molar-refractivity contribution in [2.45, 2.75) is 19.4 Å². The lowest BCUT2D eigenvalue weighted by molar-refractivity contribution is -0.130. The minimum atomic E-state index is -0.549. The number of aromatic nitrogens is 1. The van der Waals surface area contributed by atoms with E-state index < -0.39 is 18.0 Å². The number of urea groups is 1. The Morgan fingerprint density at radius 2 is 2.33 bits per heavy atom. The van der Waals surface area contributed by atoms with Crippen LogP contribution in [-0.4, -0.2) is 52.5 Å². The van der Waals surface area contributed by atoms with E-state index in [0.717, 1.165) is 10.7 Å². The molecule has 0 radical (unpaired) electrons. The highest BCUT2D eigenvalue weighted by molar-refractivity contribution is 7.98. The number of hydrogen-bond donors (Lipinski definition) is 2. The quantitative estimate of drug-likeness (QED) is 0.745. The number of carbonyl (C=O) groups is 3. The Hall–Kier alpha value is -2.03. The molecule has 0 aliphatic carbocycles. The van der Waals surface area contributed by atoms with Crippen molar-refractivity contribution in [1.29, 1.82) is 0 Å². The van der Waals surface area contributed by atoms with E-state index in [9.17, 15) is 14.4 Å². The van der Waals surface area contributed by atoms with Crippen LogP contribution < -0.4 is 10.6 Å². The Kier molecular flexibility index (Phi) is 4.84. The third kappa shape index (κ3) is 3.75. The van der Waals surface area contributed by atoms with Gasteiger partial charge in [0.15, 0.2) is 5.82 Å². The second-order valence-electron chi connectivity index (χ2n) is 4.58. The molecule has 4 amide bonds. The number of thioether (sulfide) groups is 1. The average Bonchev–Trinajstić information content (AvgIpc) is 2.95. The molecule has 1 saturated heterocycles. The fourth-order valence-corrected chi connectivity index (χ4v) is 2.38. The maximum absolute atomic E-state index is 12.0. The van der Waals surface area contributed by atoms with E-state index in [0.29, 0.717) is 12.2 Å². The number of carbonyl (C=O) groups excluding carboxylic acids is 3. The first-order valence-electron chi connectivity index (χ1n) is 6.35. The molecule has 2 N–H and O–H groups in total. The average molecular weight is 312 g/mol. The number of nitrogens with zero attached hydrogens (tertiary/aromatic N) is 2. The van der Waals surface area contributed by atoms with Crippen LogP contribution in [0.4, 0.5) is 10.6 Å². The molecule has 1 aromatic rings. The summed E-state index contributed by atoms with van der Waals surface area (Å²) in [7, 11) is 0. The van der Waals surface area contributed by atoms with Gasteiger partial charge in [0, 0.05) is 6.07 Å². The van der Waals surface area contributed by atoms with Gasteiger partial charge >= 0.3 is 6.03 Å². The molecule has 0 aromatic carbocycles. The van der Waals surface area contributed by atoms with E-state index in [1.165, 1.54) is 0 Å². The number of anilines is 1. The highest BCUT2D eigenvalue weighted by Gasteiger charge is 2.38. The van der Waals surface area contributed by atoms with Crippen LogP contribution >= 0.6 is 11.8 Å². The summed E-state index contributed by atoms with van der Waals surface area (Å²) in [6.45, 7) is 1.35. The van der Waals surface area contributed by atoms with Gasteiger partial charge < -0.3 is 15.2 Å². The zero-order valence-corrected chi connectivity index (χ0v) is 12.5. The first kappa shape index (κ1) is 15.4. The summed E-state index contributed by atoms with van der Waals surface area (Å²) in [4.78, 5) is 36.5. The smallest absolute Gasteiger partial charge is 0.325 e. The molecular formula is C12H16N4O4S. The Balaban J connectivity index is 1.91. The summed E-state index contributed by atoms with van der Waals surface area (Å²) in [6.07, 6.45) is 2.47. The molecular weight excluding hydrogens is 296 g/mol. The molecule has 1 aliphatic rings. The van der Waals surface area contributed by atoms with Gasteiger partial charge in [0.1, 0.15) is 18.3 Å². The van der Waals surface area contributed by atoms with Crippen LogP contribution in [0.1, 0.15) is 12.2 Å². The topological polar surface area (TPSA) is 105 Å². The molecule has 21 heavy (non-hydrogen) atoms. The van der Waals surface area contributed by atoms with Crippen molar-refractivity contribution < 1.29 is 18.9 Å². The summed E-state index contributed by atoms with van der Waals surface area (Å²) in [5, 5.41) is 8.65. The van der Waals surface area contributed by atoms with Gasteiger partial charge in [0.05, 0.1) is 0 Å². The molecule has 0 saturated carbocycles. The summed E-state index contributed by atoms with van der Waals surface area (Å²) < 4.78 is 4.81. The number of amides is 4. The van der Waals surface area contributed by atoms with E-state index in [-0.39, 0.29) is 18.3 Å². The maximum Gasteiger partial charge on any atom is 0.325 e. The van der Waals surface area contributed by atoms with Crippen molar-refractivity contribution in [2.24, 2.45) is 0 Å². The van der Waals surface area contributed by atoms with Gasteiger partial charge in [-0.1, -0.05) is 5.16 Å². The van der Waals surface area contributed by atoms with Gasteiger partial charge in [-0.3, -0.25) is 14.5 Å². The Bertz CT molecular complexity index is 559. The summed E-state index contributed by atoms with van der Waals surface area (Å²) in [6, 6.07) is 0.454. The second-order valence-corrected chi connectivity index (χ2v) is 5.56. The molecule has 2 heterocycles. The maximum atomic E-state index is 12.0. The van der Waals surface area contributed by atoms with Gasteiger partial charge in [-0.2, -0.15) is 11.8 Å². The fraction of sp³-hybridized carbons (Fsp3) is 0.500. The van der Waals surface area contributed by atoms with Crippen molar-refractivity contribution >= 4 is 35.4 Å². The number of imide groups is 1. The minimum absolute atomic E-state index is 0.253. The molecule has 1 fully saturated rings. The zero-order chi connectivity index (χ0) is 15.4. The summed E-state index contributed by atoms with van der Waals surface area (Å²) in [5.41, 5.74) is 0. The SMILES string of the molecule is CSCC[C@H]1NC(=O)N(CC(=O)Nc2cc(C)on2)C1=O. The molecule has 1 aromatic heterocycles. The van der Waals surface area contributed by atoms with E-state index in [1.54, 1.807) is 24.8 Å². The molecule has 0 bridgehead atoms. The molecule has 8 nitrogen and oxygen atoms in total. The van der Waals surface area contributed by atoms with Gasteiger partial charge in [0.2, 0.25) is 5.91 Å². The van der Waals surface area contributed by atoms with E-state index >= 15 is 0 Å². The van der Waals surface area contributed by atoms with Crippen LogP contribution in [0.2, 0.25) is 0 Å². The standard InChI is InChI=1S/C12H16N4O4S/c1-7-5-9(15-20-7)14-10(17)6-16-11(18)8(3-4-21-2)13-12(16)19/h5,8H,3-4,6H2,1-2H3,(H,13,19)(H,14,15,17)/t8-/m1/s1. The van der Waals surface area contributed by atoms with E-state index in [2.05, 4.69) is 15.8 Å². The van der Waals surface area contributed by atoms with Gasteiger partial charge in [-0.25, -0.2) is 4.79 Å². The van der Waals surface area contributed by atoms with Crippen LogP contribution in [0.25, 0.3) is 0 Å². The lowest BCUT2D eigenvalue weighted by Gasteiger charge is -2.11. The van der Waals surface area contributed by atoms with E-state index in [1.807, 2.05) is 6.26 Å². The van der Waals surface area contributed by atoms with Crippen LogP contribution in [-0.2, 0) is 9.59 Å². The van der Waals surface area contributed by atoms with Crippen LogP contribution in [0, 0.1) is 6.92 Å². The summed E-state index contributed by atoms with van der Waals surface area (Å²) >= 11 is 1.59. The lowest BCUT2D eigenvalue weighted by atomic mass is 10.2. The normalized spacial score (nSPS) is 18.0. The molecule has 2 rings (SSSR count). The summed E-state index contributed by atoms with van der Waals surface area (Å²) in [5.74, 6) is 0.688. The molecule has 114 valence electrons. The number of hydrogen-bond acceptors (Lipinski definition) is 6. The van der Waals surface area contributed by atoms with Crippen molar-refractivity contribution in [3.05, 3.63) is 11.8 Å². The molecule has 0 unspecified atom stereocenters. The van der Waals surface area contributed by atoms with E-state index in [4.69, 9.17) is 4.52 Å². The molecule has 9 heteroatoms. The van der Waals surface area contributed by atoms with Crippen LogP contribution in [0.3, 0.4) is 0 Å². The molecule has 1 aliphatic heterocycles. The Labute approximate surface area is 125 Å². The van der Waals surface area contributed by atoms with Crippen molar-refractivity contribution in [2.75, 3.05) is 23.9 Å². The van der Waals surface area contributed by atoms with Crippen LogP contribution in [0.5, 0.6) is 0 Å². The third-order valence-electron chi connectivity index (χ3n) is 2.91. The van der Waals surface area contributed by atoms with Crippen molar-refractivity contribution in [1.82, 2.24) is 15.4 Å². The Morgan fingerprint density at radius 1 is 1.57 bits per heavy atom. The third-order valence-corrected chi connectivity index (χ3v) is 3.56. The number of rotatable bonds is 6. The van der Waals surface area contributed by atoms with Gasteiger partial charge in [-0.15, -0.1) is 0 Å². The second kappa shape index (κ2) is 6.61. The first-order valence-corrected chi connectivity index (χ1v) is 7.74. The number of nitrogens with one attached hydrogen (secondary N) is 2. The largest absolute Gasteiger partial charge is 0.360 e. The highest BCUT2D eigenvalue weighted by atomic mass is 32.2. The van der Waals surface area contributed by atoms with Crippen molar-refractivity contribution in [3.8, 4) is 0 Å². The lowest BCUT2D eigenvalue weighted by Crippen LogP contribution is -2.38. The van der Waals surface area contributed by atoms with Gasteiger partial charge in [-0.05, 0) is 25.4 Å². The first-order chi connectivity index (χ1) is 10.0. The predicted molar refractivity (Wildman–Crippen MR) is 76.9 cm³/mol. The minimum Gasteiger partial charge on any atom is -0.360 e.